The van der Waals surface area contributed by atoms with E-state index in [1.807, 2.05) is 6.92 Å². The molecule has 6 heteroatoms. The molecule has 0 bridgehead atoms. The second-order valence-electron chi connectivity index (χ2n) is 3.99. The number of aromatic hydroxyl groups is 1. The number of hydrogen-bond donors (Lipinski definition) is 2. The average Bonchev–Trinajstić information content (AvgIpc) is 2.95. The van der Waals surface area contributed by atoms with E-state index in [0.29, 0.717) is 17.3 Å². The van der Waals surface area contributed by atoms with Crippen LogP contribution in [0.4, 0.5) is 5.69 Å². The molecule has 0 saturated heterocycles. The molecule has 2 rings (SSSR count). The van der Waals surface area contributed by atoms with Crippen LogP contribution in [-0.4, -0.2) is 18.8 Å². The Balaban J connectivity index is 2.34. The third-order valence-electron chi connectivity index (χ3n) is 2.42. The van der Waals surface area contributed by atoms with Crippen LogP contribution in [0.5, 0.6) is 5.75 Å². The summed E-state index contributed by atoms with van der Waals surface area (Å²) in [6.45, 7) is 1.83. The number of hydrogen-bond acceptors (Lipinski definition) is 3. The van der Waals surface area contributed by atoms with E-state index in [-0.39, 0.29) is 16.7 Å². The summed E-state index contributed by atoms with van der Waals surface area (Å²) in [5.74, 6) is -0.0742. The van der Waals surface area contributed by atoms with Gasteiger partial charge in [0.1, 0.15) is 0 Å². The fourth-order valence-electron chi connectivity index (χ4n) is 1.43. The van der Waals surface area contributed by atoms with Gasteiger partial charge in [0.25, 0.3) is 0 Å². The number of phenolic OH excluding ortho intramolecular Hbond substituents is 1. The third kappa shape index (κ3) is 2.32. The first-order valence-electron chi connectivity index (χ1n) is 4.91. The Morgan fingerprint density at radius 1 is 1.44 bits per heavy atom. The fraction of sp³-hybridized carbons (Fsp3) is 0.400. The summed E-state index contributed by atoms with van der Waals surface area (Å²) in [4.78, 5) is 0. The van der Waals surface area contributed by atoms with Crippen molar-refractivity contribution in [3.05, 3.63) is 22.2 Å². The van der Waals surface area contributed by atoms with E-state index in [0.717, 1.165) is 5.56 Å². The monoisotopic (exact) mass is 305 g/mol. The van der Waals surface area contributed by atoms with Gasteiger partial charge >= 0.3 is 0 Å². The minimum absolute atomic E-state index is 0.0742. The van der Waals surface area contributed by atoms with Crippen molar-refractivity contribution in [2.45, 2.75) is 25.0 Å². The lowest BCUT2D eigenvalue weighted by Gasteiger charge is -2.10. The first-order valence-corrected chi connectivity index (χ1v) is 7.25. The minimum Gasteiger partial charge on any atom is -0.505 e. The lowest BCUT2D eigenvalue weighted by Crippen LogP contribution is -2.17. The Morgan fingerprint density at radius 2 is 2.06 bits per heavy atom. The molecule has 1 saturated carbocycles. The van der Waals surface area contributed by atoms with Gasteiger partial charge in [-0.25, -0.2) is 8.42 Å². The zero-order chi connectivity index (χ0) is 11.9. The van der Waals surface area contributed by atoms with Gasteiger partial charge in [0, 0.05) is 0 Å². The normalized spacial score (nSPS) is 16.1. The molecule has 4 nitrogen and oxygen atoms in total. The van der Waals surface area contributed by atoms with Crippen molar-refractivity contribution in [1.29, 1.82) is 0 Å². The van der Waals surface area contributed by atoms with Crippen molar-refractivity contribution in [2.75, 3.05) is 4.72 Å². The number of aryl methyl sites for hydroxylation is 1. The molecule has 0 amide bonds. The van der Waals surface area contributed by atoms with Crippen LogP contribution in [0.25, 0.3) is 0 Å². The molecular formula is C10H12BrNO3S. The summed E-state index contributed by atoms with van der Waals surface area (Å²) in [7, 11) is -3.33. The van der Waals surface area contributed by atoms with Crippen molar-refractivity contribution in [3.8, 4) is 5.75 Å². The first kappa shape index (κ1) is 11.7. The molecule has 1 aromatic rings. The molecule has 1 aromatic carbocycles. The zero-order valence-corrected chi connectivity index (χ0v) is 11.1. The number of anilines is 1. The molecule has 0 radical (unpaired) electrons. The summed E-state index contributed by atoms with van der Waals surface area (Å²) in [5.41, 5.74) is 1.11. The van der Waals surface area contributed by atoms with Gasteiger partial charge in [-0.2, -0.15) is 0 Å². The van der Waals surface area contributed by atoms with Gasteiger partial charge in [0.05, 0.1) is 15.4 Å². The molecule has 1 fully saturated rings. The van der Waals surface area contributed by atoms with Crippen molar-refractivity contribution >= 4 is 31.6 Å². The van der Waals surface area contributed by atoms with Crippen LogP contribution in [0, 0.1) is 6.92 Å². The molecule has 1 aliphatic carbocycles. The molecule has 0 unspecified atom stereocenters. The third-order valence-corrected chi connectivity index (χ3v) is 4.88. The summed E-state index contributed by atoms with van der Waals surface area (Å²) in [6, 6.07) is 3.34. The topological polar surface area (TPSA) is 66.4 Å². The largest absolute Gasteiger partial charge is 0.505 e. The average molecular weight is 306 g/mol. The van der Waals surface area contributed by atoms with E-state index in [4.69, 9.17) is 0 Å². The second kappa shape index (κ2) is 3.92. The van der Waals surface area contributed by atoms with Gasteiger partial charge in [-0.3, -0.25) is 4.72 Å². The van der Waals surface area contributed by atoms with E-state index in [9.17, 15) is 13.5 Å². The van der Waals surface area contributed by atoms with Gasteiger partial charge in [-0.15, -0.1) is 0 Å². The zero-order valence-electron chi connectivity index (χ0n) is 8.70. The van der Waals surface area contributed by atoms with Crippen molar-refractivity contribution in [2.24, 2.45) is 0 Å². The lowest BCUT2D eigenvalue weighted by molar-refractivity contribution is 0.474. The van der Waals surface area contributed by atoms with E-state index >= 15 is 0 Å². The minimum atomic E-state index is -3.33. The molecule has 2 N–H and O–H groups in total. The number of nitrogens with one attached hydrogen (secondary N) is 1. The maximum atomic E-state index is 11.7. The molecule has 88 valence electrons. The Morgan fingerprint density at radius 3 is 2.62 bits per heavy atom. The Labute approximate surface area is 103 Å². The number of benzene rings is 1. The molecular weight excluding hydrogens is 294 g/mol. The Bertz CT molecular complexity index is 523. The summed E-state index contributed by atoms with van der Waals surface area (Å²) >= 11 is 3.17. The SMILES string of the molecule is Cc1cc(Br)c(O)c(NS(=O)(=O)C2CC2)c1. The molecule has 0 spiro atoms. The first-order chi connectivity index (χ1) is 7.40. The van der Waals surface area contributed by atoms with E-state index in [1.54, 1.807) is 12.1 Å². The number of rotatable bonds is 3. The molecule has 0 aliphatic heterocycles. The maximum absolute atomic E-state index is 11.7. The summed E-state index contributed by atoms with van der Waals surface area (Å²) < 4.78 is 26.3. The van der Waals surface area contributed by atoms with Gasteiger partial charge in [0.2, 0.25) is 10.0 Å². The smallest absolute Gasteiger partial charge is 0.235 e. The number of sulfonamides is 1. The predicted octanol–water partition coefficient (Wildman–Crippen LogP) is 2.37. The highest BCUT2D eigenvalue weighted by Gasteiger charge is 2.36. The van der Waals surface area contributed by atoms with Gasteiger partial charge in [-0.05, 0) is 53.4 Å². The highest BCUT2D eigenvalue weighted by atomic mass is 79.9. The molecule has 1 aliphatic rings. The van der Waals surface area contributed by atoms with Crippen molar-refractivity contribution in [1.82, 2.24) is 0 Å². The van der Waals surface area contributed by atoms with Crippen LogP contribution in [0.2, 0.25) is 0 Å². The van der Waals surface area contributed by atoms with Crippen LogP contribution in [0.1, 0.15) is 18.4 Å². The standard InChI is InChI=1S/C10H12BrNO3S/c1-6-4-8(11)10(13)9(5-6)12-16(14,15)7-2-3-7/h4-5,7,12-13H,2-3H2,1H3. The lowest BCUT2D eigenvalue weighted by atomic mass is 10.2. The fourth-order valence-corrected chi connectivity index (χ4v) is 3.39. The summed E-state index contributed by atoms with van der Waals surface area (Å²) in [5, 5.41) is 9.41. The highest BCUT2D eigenvalue weighted by Crippen LogP contribution is 2.36. The quantitative estimate of drug-likeness (QED) is 0.843. The van der Waals surface area contributed by atoms with Crippen LogP contribution in [0.3, 0.4) is 0 Å². The van der Waals surface area contributed by atoms with Crippen LogP contribution >= 0.6 is 15.9 Å². The van der Waals surface area contributed by atoms with E-state index in [1.165, 1.54) is 0 Å². The van der Waals surface area contributed by atoms with E-state index < -0.39 is 10.0 Å². The summed E-state index contributed by atoms with van der Waals surface area (Å²) in [6.07, 6.45) is 1.40. The van der Waals surface area contributed by atoms with Gasteiger partial charge in [-0.1, -0.05) is 0 Å². The van der Waals surface area contributed by atoms with Crippen molar-refractivity contribution in [3.63, 3.8) is 0 Å². The molecule has 16 heavy (non-hydrogen) atoms. The van der Waals surface area contributed by atoms with Gasteiger partial charge < -0.3 is 5.11 Å². The molecule has 0 aromatic heterocycles. The number of phenols is 1. The van der Waals surface area contributed by atoms with Crippen LogP contribution in [-0.2, 0) is 10.0 Å². The van der Waals surface area contributed by atoms with E-state index in [2.05, 4.69) is 20.7 Å². The predicted molar refractivity (Wildman–Crippen MR) is 66.1 cm³/mol. The van der Waals surface area contributed by atoms with Crippen molar-refractivity contribution < 1.29 is 13.5 Å². The molecule has 0 atom stereocenters. The second-order valence-corrected chi connectivity index (χ2v) is 6.80. The van der Waals surface area contributed by atoms with Crippen LogP contribution < -0.4 is 4.72 Å². The number of halogens is 1. The Hall–Kier alpha value is -0.750. The van der Waals surface area contributed by atoms with Crippen LogP contribution in [0.15, 0.2) is 16.6 Å². The molecule has 0 heterocycles. The maximum Gasteiger partial charge on any atom is 0.235 e. The highest BCUT2D eigenvalue weighted by molar-refractivity contribution is 9.10. The Kier molecular flexibility index (Phi) is 2.88. The van der Waals surface area contributed by atoms with Gasteiger partial charge in [0.15, 0.2) is 5.75 Å².